The molecule has 0 bridgehead atoms. The number of fused-ring (bicyclic) bond motifs is 2. The van der Waals surface area contributed by atoms with Gasteiger partial charge in [0.1, 0.15) is 11.0 Å². The first-order valence-electron chi connectivity index (χ1n) is 5.42. The van der Waals surface area contributed by atoms with Crippen molar-refractivity contribution < 1.29 is 4.43 Å². The van der Waals surface area contributed by atoms with Crippen LogP contribution >= 0.6 is 11.6 Å². The average molecular weight is 261 g/mol. The lowest BCUT2D eigenvalue weighted by atomic mass is 10.2. The Morgan fingerprint density at radius 1 is 1.11 bits per heavy atom. The molecule has 0 fully saturated rings. The van der Waals surface area contributed by atoms with Gasteiger partial charge in [0.05, 0.1) is 4.43 Å². The number of aromatic nitrogens is 2. The number of halogens is 1. The Bertz CT molecular complexity index is 774. The van der Waals surface area contributed by atoms with E-state index in [9.17, 15) is 10.1 Å². The zero-order chi connectivity index (χ0) is 12.9. The summed E-state index contributed by atoms with van der Waals surface area (Å²) < 4.78 is 1.51. The molecule has 3 rings (SSSR count). The third-order valence-corrected chi connectivity index (χ3v) is 3.18. The van der Waals surface area contributed by atoms with Crippen LogP contribution < -0.4 is 4.43 Å². The van der Waals surface area contributed by atoms with Crippen LogP contribution in [0.1, 0.15) is 5.56 Å². The average Bonchev–Trinajstić information content (AvgIpc) is 2.35. The van der Waals surface area contributed by atoms with Crippen LogP contribution in [0.2, 0.25) is 5.02 Å². The Morgan fingerprint density at radius 3 is 2.44 bits per heavy atom. The molecule has 0 unspecified atom stereocenters. The second kappa shape index (κ2) is 3.71. The van der Waals surface area contributed by atoms with Gasteiger partial charge in [0, 0.05) is 22.1 Å². The van der Waals surface area contributed by atoms with Crippen LogP contribution in [0.4, 0.5) is 0 Å². The molecule has 4 nitrogen and oxygen atoms in total. The van der Waals surface area contributed by atoms with Crippen molar-refractivity contribution in [2.45, 2.75) is 6.92 Å². The second-order valence-corrected chi connectivity index (χ2v) is 4.65. The molecule has 0 spiro atoms. The van der Waals surface area contributed by atoms with Gasteiger partial charge in [-0.15, -0.1) is 0 Å². The normalized spacial score (nSPS) is 11.2. The summed E-state index contributed by atoms with van der Waals surface area (Å²) in [6.45, 7) is 1.87. The van der Waals surface area contributed by atoms with Crippen LogP contribution in [0, 0.1) is 17.0 Å². The molecule has 0 saturated heterocycles. The number of rotatable bonds is 0. The lowest BCUT2D eigenvalue weighted by molar-refractivity contribution is -0.432. The summed E-state index contributed by atoms with van der Waals surface area (Å²) in [5, 5.41) is 12.7. The molecule has 3 aromatic rings. The summed E-state index contributed by atoms with van der Waals surface area (Å²) in [6.07, 6.45) is 0. The van der Waals surface area contributed by atoms with Crippen molar-refractivity contribution in [3.63, 3.8) is 0 Å². The molecular formula is C13H9ClN2O2. The Hall–Kier alpha value is -2.07. The van der Waals surface area contributed by atoms with Gasteiger partial charge in [-0.3, -0.25) is 0 Å². The lowest BCUT2D eigenvalue weighted by Gasteiger charge is -2.14. The molecule has 0 radical (unpaired) electrons. The molecule has 0 aliphatic heterocycles. The van der Waals surface area contributed by atoms with E-state index < -0.39 is 0 Å². The third-order valence-electron chi connectivity index (χ3n) is 2.94. The van der Waals surface area contributed by atoms with Gasteiger partial charge in [-0.25, -0.2) is 0 Å². The fourth-order valence-electron chi connectivity index (χ4n) is 2.06. The van der Waals surface area contributed by atoms with E-state index in [2.05, 4.69) is 0 Å². The summed E-state index contributed by atoms with van der Waals surface area (Å²) in [5.41, 5.74) is 2.21. The maximum atomic E-state index is 12.3. The third kappa shape index (κ3) is 1.46. The SMILES string of the molecule is Cc1ccc2c(c1)n([O-])c1cc(Cl)ccc1[n+]2=O. The van der Waals surface area contributed by atoms with Gasteiger partial charge >= 0.3 is 0 Å². The zero-order valence-corrected chi connectivity index (χ0v) is 10.3. The molecule has 0 N–H and O–H groups in total. The Kier molecular flexibility index (Phi) is 2.28. The number of nitrogens with zero attached hydrogens (tertiary/aromatic N) is 2. The summed E-state index contributed by atoms with van der Waals surface area (Å²) >= 11 is 5.86. The molecule has 1 heterocycles. The van der Waals surface area contributed by atoms with Crippen LogP contribution in [-0.4, -0.2) is 4.73 Å². The van der Waals surface area contributed by atoms with Crippen LogP contribution in [0.3, 0.4) is 0 Å². The van der Waals surface area contributed by atoms with Gasteiger partial charge in [-0.2, -0.15) is 0 Å². The van der Waals surface area contributed by atoms with Gasteiger partial charge in [-0.05, 0) is 30.7 Å². The first-order chi connectivity index (χ1) is 8.58. The largest absolute Gasteiger partial charge is 0.805 e. The summed E-state index contributed by atoms with van der Waals surface area (Å²) in [4.78, 5) is 12.2. The van der Waals surface area contributed by atoms with E-state index in [1.165, 1.54) is 6.07 Å². The minimum atomic E-state index is 0.274. The molecule has 1 aromatic heterocycles. The molecule has 18 heavy (non-hydrogen) atoms. The highest BCUT2D eigenvalue weighted by molar-refractivity contribution is 6.31. The Labute approximate surface area is 107 Å². The maximum Gasteiger partial charge on any atom is 0.286 e. The second-order valence-electron chi connectivity index (χ2n) is 4.21. The van der Waals surface area contributed by atoms with Crippen LogP contribution in [-0.2, 0) is 0 Å². The fraction of sp³-hybridized carbons (Fsp3) is 0.0769. The monoisotopic (exact) mass is 260 g/mol. The van der Waals surface area contributed by atoms with Crippen LogP contribution in [0.25, 0.3) is 22.1 Å². The van der Waals surface area contributed by atoms with Crippen molar-refractivity contribution in [2.24, 2.45) is 0 Å². The molecular weight excluding hydrogens is 252 g/mol. The Balaban J connectivity index is 2.65. The van der Waals surface area contributed by atoms with Gasteiger partial charge in [0.2, 0.25) is 0 Å². The highest BCUT2D eigenvalue weighted by Gasteiger charge is 2.15. The molecule has 0 aliphatic carbocycles. The first-order valence-corrected chi connectivity index (χ1v) is 5.80. The summed E-state index contributed by atoms with van der Waals surface area (Å²) in [6, 6.07) is 9.80. The van der Waals surface area contributed by atoms with E-state index in [4.69, 9.17) is 11.6 Å². The number of hydrogen-bond acceptors (Lipinski definition) is 2. The topological polar surface area (TPSA) is 51.0 Å². The maximum absolute atomic E-state index is 12.3. The van der Waals surface area contributed by atoms with E-state index >= 15 is 0 Å². The zero-order valence-electron chi connectivity index (χ0n) is 9.55. The van der Waals surface area contributed by atoms with E-state index in [0.29, 0.717) is 21.6 Å². The molecule has 0 aliphatic rings. The van der Waals surface area contributed by atoms with E-state index in [1.54, 1.807) is 30.3 Å². The predicted molar refractivity (Wildman–Crippen MR) is 71.3 cm³/mol. The smallest absolute Gasteiger partial charge is 0.286 e. The van der Waals surface area contributed by atoms with Crippen LogP contribution in [0.15, 0.2) is 36.4 Å². The summed E-state index contributed by atoms with van der Waals surface area (Å²) in [5.74, 6) is 0. The van der Waals surface area contributed by atoms with Crippen molar-refractivity contribution in [1.29, 1.82) is 0 Å². The standard InChI is InChI=1S/C13H9ClN2O2/c1-8-2-4-10-12(6-8)16(18)13-7-9(14)3-5-11(13)15(10)17/h2-7H,1H3. The van der Waals surface area contributed by atoms with E-state index in [-0.39, 0.29) is 5.52 Å². The van der Waals surface area contributed by atoms with E-state index in [1.807, 2.05) is 6.92 Å². The molecule has 2 aromatic carbocycles. The highest BCUT2D eigenvalue weighted by Crippen LogP contribution is 2.21. The molecule has 0 amide bonds. The number of aryl methyl sites for hydroxylation is 1. The van der Waals surface area contributed by atoms with Crippen molar-refractivity contribution in [3.05, 3.63) is 57.1 Å². The number of hydrogen-bond donors (Lipinski definition) is 0. The minimum Gasteiger partial charge on any atom is -0.805 e. The molecule has 0 saturated carbocycles. The molecule has 5 heteroatoms. The lowest BCUT2D eigenvalue weighted by Crippen LogP contribution is -2.19. The van der Waals surface area contributed by atoms with Crippen molar-refractivity contribution in [2.75, 3.05) is 0 Å². The first kappa shape index (κ1) is 11.0. The predicted octanol–water partition coefficient (Wildman–Crippen LogP) is 3.02. The van der Waals surface area contributed by atoms with Gasteiger partial charge in [0.15, 0.2) is 0 Å². The van der Waals surface area contributed by atoms with Crippen molar-refractivity contribution in [1.82, 2.24) is 4.73 Å². The quantitative estimate of drug-likeness (QED) is 0.461. The van der Waals surface area contributed by atoms with Crippen LogP contribution in [0.5, 0.6) is 0 Å². The summed E-state index contributed by atoms with van der Waals surface area (Å²) in [7, 11) is 0. The van der Waals surface area contributed by atoms with Gasteiger partial charge in [-0.1, -0.05) is 17.7 Å². The Morgan fingerprint density at radius 2 is 1.72 bits per heavy atom. The van der Waals surface area contributed by atoms with Crippen molar-refractivity contribution in [3.8, 4) is 0 Å². The van der Waals surface area contributed by atoms with Crippen molar-refractivity contribution >= 4 is 33.7 Å². The highest BCUT2D eigenvalue weighted by atomic mass is 35.5. The fourth-order valence-corrected chi connectivity index (χ4v) is 2.22. The van der Waals surface area contributed by atoms with Gasteiger partial charge in [0.25, 0.3) is 11.0 Å². The van der Waals surface area contributed by atoms with Gasteiger partial charge < -0.3 is 9.94 Å². The minimum absolute atomic E-state index is 0.274. The molecule has 90 valence electrons. The van der Waals surface area contributed by atoms with E-state index in [0.717, 1.165) is 14.7 Å². The molecule has 0 atom stereocenters. The number of benzene rings is 2.